The summed E-state index contributed by atoms with van der Waals surface area (Å²) in [7, 11) is 0. The molecule has 35 heavy (non-hydrogen) atoms. The van der Waals surface area contributed by atoms with Crippen molar-refractivity contribution < 1.29 is 18.7 Å². The van der Waals surface area contributed by atoms with E-state index >= 15 is 4.39 Å². The molecule has 9 heteroatoms. The maximum atomic E-state index is 15.4. The summed E-state index contributed by atoms with van der Waals surface area (Å²) >= 11 is 0. The van der Waals surface area contributed by atoms with Crippen LogP contribution in [-0.4, -0.2) is 51.6 Å². The first kappa shape index (κ1) is 24.5. The van der Waals surface area contributed by atoms with Crippen LogP contribution in [-0.2, 0) is 0 Å². The molecule has 0 spiro atoms. The van der Waals surface area contributed by atoms with Crippen LogP contribution in [0.1, 0.15) is 48.3 Å². The average molecular weight is 482 g/mol. The van der Waals surface area contributed by atoms with Crippen LogP contribution in [0, 0.1) is 18.6 Å². The maximum absolute atomic E-state index is 15.4. The van der Waals surface area contributed by atoms with E-state index in [9.17, 15) is 14.3 Å². The fraction of sp³-hybridized carbons (Fsp3) is 0.346. The molecular formula is C26H29F2N5O2. The van der Waals surface area contributed by atoms with Gasteiger partial charge in [-0.1, -0.05) is 19.9 Å². The zero-order chi connectivity index (χ0) is 25.3. The number of carbonyl (C=O) groups excluding carboxylic acids is 1. The van der Waals surface area contributed by atoms with E-state index in [1.54, 1.807) is 11.1 Å². The minimum absolute atomic E-state index is 0.0220. The Labute approximate surface area is 203 Å². The summed E-state index contributed by atoms with van der Waals surface area (Å²) in [5.41, 5.74) is 1.52. The van der Waals surface area contributed by atoms with Crippen LogP contribution in [0.2, 0.25) is 0 Å². The van der Waals surface area contributed by atoms with Gasteiger partial charge < -0.3 is 20.6 Å². The predicted octanol–water partition coefficient (Wildman–Crippen LogP) is 4.74. The molecule has 0 saturated carbocycles. The van der Waals surface area contributed by atoms with Gasteiger partial charge in [-0.2, -0.15) is 0 Å². The van der Waals surface area contributed by atoms with Crippen LogP contribution < -0.4 is 10.6 Å². The van der Waals surface area contributed by atoms with Gasteiger partial charge >= 0.3 is 0 Å². The number of carbonyl (C=O) groups is 1. The van der Waals surface area contributed by atoms with Gasteiger partial charge in [0.15, 0.2) is 5.82 Å². The number of anilines is 2. The van der Waals surface area contributed by atoms with Crippen molar-refractivity contribution in [3.63, 3.8) is 0 Å². The lowest BCUT2D eigenvalue weighted by molar-refractivity contribution is 0.0656. The van der Waals surface area contributed by atoms with Gasteiger partial charge in [-0.25, -0.2) is 13.8 Å². The molecule has 1 fully saturated rings. The molecule has 1 aliphatic heterocycles. The van der Waals surface area contributed by atoms with Gasteiger partial charge in [-0.3, -0.25) is 9.78 Å². The first-order chi connectivity index (χ1) is 16.7. The third kappa shape index (κ3) is 4.81. The van der Waals surface area contributed by atoms with Gasteiger partial charge in [0.05, 0.1) is 22.5 Å². The minimum atomic E-state index is -0.908. The molecule has 3 heterocycles. The lowest BCUT2D eigenvalue weighted by Crippen LogP contribution is -2.52. The van der Waals surface area contributed by atoms with Crippen LogP contribution >= 0.6 is 0 Å². The van der Waals surface area contributed by atoms with Crippen LogP contribution in [0.3, 0.4) is 0 Å². The summed E-state index contributed by atoms with van der Waals surface area (Å²) in [5.74, 6) is -2.44. The number of aromatic hydroxyl groups is 1. The average Bonchev–Trinajstić information content (AvgIpc) is 2.81. The topological polar surface area (TPSA) is 90.4 Å². The molecule has 0 aliphatic carbocycles. The summed E-state index contributed by atoms with van der Waals surface area (Å²) in [6.07, 6.45) is 1.70. The lowest BCUT2D eigenvalue weighted by atomic mass is 10.0. The Bertz CT molecular complexity index is 1240. The van der Waals surface area contributed by atoms with Crippen molar-refractivity contribution in [2.45, 2.75) is 39.7 Å². The smallest absolute Gasteiger partial charge is 0.258 e. The number of phenolic OH excluding ortho intramolecular Hbond substituents is 1. The number of phenols is 1. The Morgan fingerprint density at radius 2 is 2.03 bits per heavy atom. The highest BCUT2D eigenvalue weighted by atomic mass is 19.1. The molecule has 1 aliphatic rings. The van der Waals surface area contributed by atoms with E-state index in [0.29, 0.717) is 25.3 Å². The summed E-state index contributed by atoms with van der Waals surface area (Å²) in [6.45, 7) is 9.47. The molecule has 1 saturated heterocycles. The highest BCUT2D eigenvalue weighted by Gasteiger charge is 2.29. The van der Waals surface area contributed by atoms with Gasteiger partial charge in [-0.05, 0) is 49.6 Å². The number of aromatic nitrogens is 2. The predicted molar refractivity (Wildman–Crippen MR) is 131 cm³/mol. The van der Waals surface area contributed by atoms with E-state index in [-0.39, 0.29) is 40.5 Å². The minimum Gasteiger partial charge on any atom is -0.507 e. The van der Waals surface area contributed by atoms with Crippen molar-refractivity contribution in [3.05, 3.63) is 65.0 Å². The number of aryl methyl sites for hydroxylation is 1. The van der Waals surface area contributed by atoms with Crippen molar-refractivity contribution in [2.24, 2.45) is 0 Å². The summed E-state index contributed by atoms with van der Waals surface area (Å²) in [5, 5.41) is 16.7. The van der Waals surface area contributed by atoms with Crippen LogP contribution in [0.15, 0.2) is 36.5 Å². The SMILES string of the molecule is Cc1ccnc(C(C)C)c1Nc1nc(-c2c(O)cccc2F)c(F)cc1C(=O)N1CCNC[C@@H]1C. The number of benzene rings is 1. The number of rotatable bonds is 5. The van der Waals surface area contributed by atoms with Crippen molar-refractivity contribution in [1.29, 1.82) is 0 Å². The van der Waals surface area contributed by atoms with Gasteiger partial charge in [0.1, 0.15) is 23.1 Å². The number of pyridine rings is 2. The highest BCUT2D eigenvalue weighted by molar-refractivity contribution is 6.00. The Kier molecular flexibility index (Phi) is 6.98. The fourth-order valence-corrected chi connectivity index (χ4v) is 4.27. The molecule has 0 bridgehead atoms. The second-order valence-electron chi connectivity index (χ2n) is 9.07. The number of nitrogens with zero attached hydrogens (tertiary/aromatic N) is 3. The van der Waals surface area contributed by atoms with Crippen LogP contribution in [0.25, 0.3) is 11.3 Å². The number of hydrogen-bond acceptors (Lipinski definition) is 6. The molecule has 3 N–H and O–H groups in total. The van der Waals surface area contributed by atoms with Crippen LogP contribution in [0.5, 0.6) is 5.75 Å². The van der Waals surface area contributed by atoms with Crippen molar-refractivity contribution in [1.82, 2.24) is 20.2 Å². The molecule has 1 atom stereocenters. The highest BCUT2D eigenvalue weighted by Crippen LogP contribution is 2.36. The monoisotopic (exact) mass is 481 g/mol. The molecular weight excluding hydrogens is 452 g/mol. The van der Waals surface area contributed by atoms with E-state index in [4.69, 9.17) is 0 Å². The van der Waals surface area contributed by atoms with Gasteiger partial charge in [-0.15, -0.1) is 0 Å². The summed E-state index contributed by atoms with van der Waals surface area (Å²) < 4.78 is 30.0. The van der Waals surface area contributed by atoms with Crippen molar-refractivity contribution in [3.8, 4) is 17.0 Å². The van der Waals surface area contributed by atoms with Gasteiger partial charge in [0, 0.05) is 31.9 Å². The van der Waals surface area contributed by atoms with Gasteiger partial charge in [0.25, 0.3) is 5.91 Å². The molecule has 184 valence electrons. The summed E-state index contributed by atoms with van der Waals surface area (Å²) in [4.78, 5) is 24.1. The molecule has 0 unspecified atom stereocenters. The van der Waals surface area contributed by atoms with Gasteiger partial charge in [0.2, 0.25) is 0 Å². The molecule has 0 radical (unpaired) electrons. The van der Waals surface area contributed by atoms with E-state index in [1.807, 2.05) is 33.8 Å². The van der Waals surface area contributed by atoms with Crippen LogP contribution in [0.4, 0.5) is 20.3 Å². The molecule has 1 amide bonds. The molecule has 1 aromatic carbocycles. The molecule has 4 rings (SSSR count). The number of nitrogens with one attached hydrogen (secondary N) is 2. The van der Waals surface area contributed by atoms with Crippen molar-refractivity contribution in [2.75, 3.05) is 25.0 Å². The first-order valence-electron chi connectivity index (χ1n) is 11.6. The van der Waals surface area contributed by atoms with Crippen molar-refractivity contribution >= 4 is 17.4 Å². The Morgan fingerprint density at radius 3 is 2.71 bits per heavy atom. The maximum Gasteiger partial charge on any atom is 0.258 e. The van der Waals surface area contributed by atoms with E-state index in [0.717, 1.165) is 23.4 Å². The van der Waals surface area contributed by atoms with E-state index in [2.05, 4.69) is 20.6 Å². The van der Waals surface area contributed by atoms with E-state index in [1.165, 1.54) is 12.1 Å². The molecule has 3 aromatic rings. The number of halogens is 2. The Balaban J connectivity index is 1.91. The molecule has 7 nitrogen and oxygen atoms in total. The quantitative estimate of drug-likeness (QED) is 0.488. The zero-order valence-corrected chi connectivity index (χ0v) is 20.2. The normalized spacial score (nSPS) is 16.0. The lowest BCUT2D eigenvalue weighted by Gasteiger charge is -2.34. The van der Waals surface area contributed by atoms with E-state index < -0.39 is 17.4 Å². The second-order valence-corrected chi connectivity index (χ2v) is 9.07. The number of amides is 1. The Hall–Kier alpha value is -3.59. The zero-order valence-electron chi connectivity index (χ0n) is 20.2. The largest absolute Gasteiger partial charge is 0.507 e. The standard InChI is InChI=1S/C26H29F2N5O2/c1-14(2)22-23(15(3)8-9-30-22)31-25-17(26(35)33-11-10-29-13-16(33)4)12-19(28)24(32-25)21-18(27)6-5-7-20(21)34/h5-9,12,14,16,29,34H,10-11,13H2,1-4H3,(H,31,32)/t16-/m0/s1. The first-order valence-corrected chi connectivity index (χ1v) is 11.6. The third-order valence-corrected chi connectivity index (χ3v) is 6.18. The third-order valence-electron chi connectivity index (χ3n) is 6.18. The number of piperazine rings is 1. The number of hydrogen-bond donors (Lipinski definition) is 3. The second kappa shape index (κ2) is 9.95. The molecule has 2 aromatic heterocycles. The Morgan fingerprint density at radius 1 is 1.26 bits per heavy atom. The summed E-state index contributed by atoms with van der Waals surface area (Å²) in [6, 6.07) is 6.48. The fourth-order valence-electron chi connectivity index (χ4n) is 4.27.